The van der Waals surface area contributed by atoms with Gasteiger partial charge in [0, 0.05) is 12.6 Å². The molecular formula is C12H16FNO2. The van der Waals surface area contributed by atoms with Crippen LogP contribution in [0.15, 0.2) is 18.2 Å². The maximum Gasteiger partial charge on any atom is 0.338 e. The summed E-state index contributed by atoms with van der Waals surface area (Å²) in [7, 11) is 1.94. The lowest BCUT2D eigenvalue weighted by atomic mass is 10.1. The van der Waals surface area contributed by atoms with Gasteiger partial charge in [-0.05, 0) is 38.6 Å². The standard InChI is InChI=1S/C12H16FNO2/c1-8(2)14(3)7-9-4-5-10(12(15)16)11(13)6-9/h4-6,8H,7H2,1-3H3,(H,15,16). The first-order valence-electron chi connectivity index (χ1n) is 5.13. The molecule has 0 aromatic heterocycles. The van der Waals surface area contributed by atoms with E-state index >= 15 is 0 Å². The quantitative estimate of drug-likeness (QED) is 0.855. The van der Waals surface area contributed by atoms with Gasteiger partial charge in [0.1, 0.15) is 5.82 Å². The van der Waals surface area contributed by atoms with Crippen molar-refractivity contribution in [3.05, 3.63) is 35.1 Å². The van der Waals surface area contributed by atoms with Gasteiger partial charge in [0.25, 0.3) is 0 Å². The molecule has 0 atom stereocenters. The first-order chi connectivity index (χ1) is 7.41. The zero-order valence-corrected chi connectivity index (χ0v) is 9.70. The minimum atomic E-state index is -1.23. The van der Waals surface area contributed by atoms with Crippen molar-refractivity contribution in [3.63, 3.8) is 0 Å². The molecular weight excluding hydrogens is 209 g/mol. The maximum absolute atomic E-state index is 13.4. The molecule has 88 valence electrons. The van der Waals surface area contributed by atoms with Crippen LogP contribution in [0.3, 0.4) is 0 Å². The SMILES string of the molecule is CC(C)N(C)Cc1ccc(C(=O)O)c(F)c1. The first kappa shape index (κ1) is 12.6. The highest BCUT2D eigenvalue weighted by Crippen LogP contribution is 2.12. The molecule has 16 heavy (non-hydrogen) atoms. The average Bonchev–Trinajstić information content (AvgIpc) is 2.16. The molecule has 1 rings (SSSR count). The van der Waals surface area contributed by atoms with Crippen molar-refractivity contribution in [1.29, 1.82) is 0 Å². The fourth-order valence-electron chi connectivity index (χ4n) is 1.30. The zero-order valence-electron chi connectivity index (χ0n) is 9.70. The lowest BCUT2D eigenvalue weighted by Gasteiger charge is -2.21. The highest BCUT2D eigenvalue weighted by Gasteiger charge is 2.11. The second-order valence-corrected chi connectivity index (χ2v) is 4.13. The Hall–Kier alpha value is -1.42. The van der Waals surface area contributed by atoms with E-state index in [0.29, 0.717) is 12.6 Å². The van der Waals surface area contributed by atoms with Crippen LogP contribution in [0.5, 0.6) is 0 Å². The minimum absolute atomic E-state index is 0.282. The third-order valence-corrected chi connectivity index (χ3v) is 2.58. The van der Waals surface area contributed by atoms with E-state index in [1.807, 2.05) is 20.9 Å². The van der Waals surface area contributed by atoms with E-state index in [4.69, 9.17) is 5.11 Å². The number of benzene rings is 1. The molecule has 0 heterocycles. The number of hydrogen-bond acceptors (Lipinski definition) is 2. The Bertz CT molecular complexity index is 391. The number of carboxylic acids is 1. The smallest absolute Gasteiger partial charge is 0.338 e. The molecule has 0 spiro atoms. The summed E-state index contributed by atoms with van der Waals surface area (Å²) < 4.78 is 13.4. The Morgan fingerprint density at radius 2 is 2.12 bits per heavy atom. The van der Waals surface area contributed by atoms with Crippen molar-refractivity contribution in [1.82, 2.24) is 4.90 Å². The molecule has 0 aliphatic heterocycles. The van der Waals surface area contributed by atoms with Gasteiger partial charge in [0.2, 0.25) is 0 Å². The molecule has 3 nitrogen and oxygen atoms in total. The van der Waals surface area contributed by atoms with Crippen LogP contribution in [0.1, 0.15) is 29.8 Å². The van der Waals surface area contributed by atoms with E-state index in [1.165, 1.54) is 12.1 Å². The third kappa shape index (κ3) is 3.03. The normalized spacial score (nSPS) is 11.1. The van der Waals surface area contributed by atoms with Crippen LogP contribution in [0, 0.1) is 5.82 Å². The summed E-state index contributed by atoms with van der Waals surface area (Å²) in [5.74, 6) is -1.91. The minimum Gasteiger partial charge on any atom is -0.478 e. The van der Waals surface area contributed by atoms with Gasteiger partial charge in [-0.3, -0.25) is 4.90 Å². The van der Waals surface area contributed by atoms with Gasteiger partial charge in [0.05, 0.1) is 5.56 Å². The van der Waals surface area contributed by atoms with Gasteiger partial charge in [-0.25, -0.2) is 9.18 Å². The highest BCUT2D eigenvalue weighted by molar-refractivity contribution is 5.87. The van der Waals surface area contributed by atoms with Crippen LogP contribution in [0.4, 0.5) is 4.39 Å². The predicted octanol–water partition coefficient (Wildman–Crippen LogP) is 2.36. The molecule has 1 aromatic rings. The maximum atomic E-state index is 13.4. The lowest BCUT2D eigenvalue weighted by Crippen LogP contribution is -2.25. The van der Waals surface area contributed by atoms with Crippen LogP contribution in [-0.2, 0) is 6.54 Å². The summed E-state index contributed by atoms with van der Waals surface area (Å²) in [4.78, 5) is 12.7. The number of halogens is 1. The molecule has 4 heteroatoms. The van der Waals surface area contributed by atoms with Crippen molar-refractivity contribution >= 4 is 5.97 Å². The second kappa shape index (κ2) is 5.07. The van der Waals surface area contributed by atoms with E-state index in [-0.39, 0.29) is 5.56 Å². The van der Waals surface area contributed by atoms with E-state index in [0.717, 1.165) is 5.56 Å². The third-order valence-electron chi connectivity index (χ3n) is 2.58. The van der Waals surface area contributed by atoms with Crippen LogP contribution >= 0.6 is 0 Å². The molecule has 0 fully saturated rings. The van der Waals surface area contributed by atoms with Crippen molar-refractivity contribution in [2.75, 3.05) is 7.05 Å². The van der Waals surface area contributed by atoms with Gasteiger partial charge >= 0.3 is 5.97 Å². The average molecular weight is 225 g/mol. The van der Waals surface area contributed by atoms with Gasteiger partial charge in [-0.2, -0.15) is 0 Å². The van der Waals surface area contributed by atoms with Crippen molar-refractivity contribution < 1.29 is 14.3 Å². The summed E-state index contributed by atoms with van der Waals surface area (Å²) in [6.07, 6.45) is 0. The monoisotopic (exact) mass is 225 g/mol. The molecule has 0 saturated heterocycles. The molecule has 0 radical (unpaired) electrons. The Kier molecular flexibility index (Phi) is 4.01. The van der Waals surface area contributed by atoms with E-state index in [1.54, 1.807) is 6.07 Å². The summed E-state index contributed by atoms with van der Waals surface area (Å²) in [6, 6.07) is 4.59. The predicted molar refractivity (Wildman–Crippen MR) is 60.0 cm³/mol. The van der Waals surface area contributed by atoms with E-state index in [9.17, 15) is 9.18 Å². The largest absolute Gasteiger partial charge is 0.478 e. The van der Waals surface area contributed by atoms with Crippen molar-refractivity contribution in [3.8, 4) is 0 Å². The number of rotatable bonds is 4. The van der Waals surface area contributed by atoms with Crippen LogP contribution < -0.4 is 0 Å². The molecule has 1 aromatic carbocycles. The molecule has 0 amide bonds. The number of hydrogen-bond donors (Lipinski definition) is 1. The van der Waals surface area contributed by atoms with Crippen molar-refractivity contribution in [2.24, 2.45) is 0 Å². The van der Waals surface area contributed by atoms with Crippen molar-refractivity contribution in [2.45, 2.75) is 26.4 Å². The van der Waals surface area contributed by atoms with Gasteiger partial charge in [-0.1, -0.05) is 6.07 Å². The number of aromatic carboxylic acids is 1. The Labute approximate surface area is 94.5 Å². The second-order valence-electron chi connectivity index (χ2n) is 4.13. The molecule has 1 N–H and O–H groups in total. The van der Waals surface area contributed by atoms with Crippen LogP contribution in [0.2, 0.25) is 0 Å². The number of nitrogens with zero attached hydrogens (tertiary/aromatic N) is 1. The van der Waals surface area contributed by atoms with Gasteiger partial charge < -0.3 is 5.11 Å². The van der Waals surface area contributed by atoms with Crippen LogP contribution in [-0.4, -0.2) is 29.1 Å². The van der Waals surface area contributed by atoms with E-state index < -0.39 is 11.8 Å². The molecule has 0 aliphatic carbocycles. The molecule has 0 aliphatic rings. The first-order valence-corrected chi connectivity index (χ1v) is 5.13. The lowest BCUT2D eigenvalue weighted by molar-refractivity contribution is 0.0692. The zero-order chi connectivity index (χ0) is 12.3. The molecule has 0 unspecified atom stereocenters. The van der Waals surface area contributed by atoms with Gasteiger partial charge in [-0.15, -0.1) is 0 Å². The number of carboxylic acid groups (broad SMARTS) is 1. The molecule has 0 bridgehead atoms. The summed E-state index contributed by atoms with van der Waals surface area (Å²) in [6.45, 7) is 4.69. The summed E-state index contributed by atoms with van der Waals surface area (Å²) in [5.41, 5.74) is 0.495. The topological polar surface area (TPSA) is 40.5 Å². The highest BCUT2D eigenvalue weighted by atomic mass is 19.1. The Balaban J connectivity index is 2.85. The van der Waals surface area contributed by atoms with Crippen LogP contribution in [0.25, 0.3) is 0 Å². The molecule has 0 saturated carbocycles. The summed E-state index contributed by atoms with van der Waals surface area (Å²) in [5, 5.41) is 8.68. The summed E-state index contributed by atoms with van der Waals surface area (Å²) >= 11 is 0. The van der Waals surface area contributed by atoms with E-state index in [2.05, 4.69) is 4.90 Å². The fourth-order valence-corrected chi connectivity index (χ4v) is 1.30. The number of carbonyl (C=O) groups is 1. The van der Waals surface area contributed by atoms with Gasteiger partial charge in [0.15, 0.2) is 0 Å². The Morgan fingerprint density at radius 1 is 1.50 bits per heavy atom. The Morgan fingerprint density at radius 3 is 2.56 bits per heavy atom. The fraction of sp³-hybridized carbons (Fsp3) is 0.417.